The Morgan fingerprint density at radius 1 is 1.60 bits per heavy atom. The molecular weight excluding hydrogens is 302 g/mol. The number of thiophene rings is 1. The molecule has 0 saturated carbocycles. The Hall–Kier alpha value is -1.44. The molecule has 1 aliphatic rings. The molecule has 0 aliphatic carbocycles. The number of hydrogen-bond donors (Lipinski definition) is 1. The van der Waals surface area contributed by atoms with E-state index in [4.69, 9.17) is 9.63 Å². The lowest BCUT2D eigenvalue weighted by atomic mass is 10.2. The van der Waals surface area contributed by atoms with Gasteiger partial charge >= 0.3 is 5.97 Å². The summed E-state index contributed by atoms with van der Waals surface area (Å²) < 4.78 is 5.19. The minimum atomic E-state index is -0.782. The summed E-state index contributed by atoms with van der Waals surface area (Å²) in [5.41, 5.74) is 0.927. The van der Waals surface area contributed by atoms with Crippen molar-refractivity contribution in [3.05, 3.63) is 22.7 Å². The quantitative estimate of drug-likeness (QED) is 0.932. The minimum absolute atomic E-state index is 0. The summed E-state index contributed by atoms with van der Waals surface area (Å²) in [6, 6.07) is 1.49. The predicted molar refractivity (Wildman–Crippen MR) is 75.9 cm³/mol. The molecule has 1 N–H and O–H groups in total. The number of rotatable bonds is 4. The van der Waals surface area contributed by atoms with Crippen molar-refractivity contribution in [1.82, 2.24) is 15.0 Å². The Labute approximate surface area is 125 Å². The standard InChI is InChI=1S/C12H13N3O3S.ClH/c16-12(17)9-2-1-4-15(9)6-10-13-11(14-18-10)8-3-5-19-7-8;/h3,5,7,9H,1-2,4,6H2,(H,16,17);1H/t9-;/m0./s1. The number of likely N-dealkylation sites (tertiary alicyclic amines) is 1. The lowest BCUT2D eigenvalue weighted by molar-refractivity contribution is -0.142. The molecule has 1 aliphatic heterocycles. The number of halogens is 1. The molecule has 0 radical (unpaired) electrons. The average molecular weight is 316 g/mol. The fourth-order valence-electron chi connectivity index (χ4n) is 2.30. The van der Waals surface area contributed by atoms with E-state index in [1.54, 1.807) is 11.3 Å². The Morgan fingerprint density at radius 2 is 2.45 bits per heavy atom. The SMILES string of the molecule is Cl.O=C(O)[C@@H]1CCCN1Cc1nc(-c2ccsc2)no1. The zero-order chi connectivity index (χ0) is 13.2. The Morgan fingerprint density at radius 3 is 3.15 bits per heavy atom. The number of carbonyl (C=O) groups is 1. The zero-order valence-corrected chi connectivity index (χ0v) is 12.2. The van der Waals surface area contributed by atoms with E-state index in [0.717, 1.165) is 18.5 Å². The van der Waals surface area contributed by atoms with Crippen LogP contribution in [0.1, 0.15) is 18.7 Å². The van der Waals surface area contributed by atoms with Gasteiger partial charge < -0.3 is 9.63 Å². The first-order valence-electron chi connectivity index (χ1n) is 6.06. The molecular formula is C12H14ClN3O3S. The largest absolute Gasteiger partial charge is 0.480 e. The van der Waals surface area contributed by atoms with Crippen LogP contribution in [-0.4, -0.2) is 38.7 Å². The number of hydrogen-bond acceptors (Lipinski definition) is 6. The summed E-state index contributed by atoms with van der Waals surface area (Å²) in [4.78, 5) is 17.3. The normalized spacial score (nSPS) is 18.9. The van der Waals surface area contributed by atoms with Crippen LogP contribution in [0.5, 0.6) is 0 Å². The van der Waals surface area contributed by atoms with E-state index in [9.17, 15) is 4.79 Å². The molecule has 20 heavy (non-hydrogen) atoms. The first kappa shape index (κ1) is 15.0. The summed E-state index contributed by atoms with van der Waals surface area (Å²) in [7, 11) is 0. The van der Waals surface area contributed by atoms with Crippen molar-refractivity contribution >= 4 is 29.7 Å². The van der Waals surface area contributed by atoms with Gasteiger partial charge in [-0.15, -0.1) is 12.4 Å². The van der Waals surface area contributed by atoms with Gasteiger partial charge in [-0.05, 0) is 30.8 Å². The van der Waals surface area contributed by atoms with E-state index < -0.39 is 12.0 Å². The summed E-state index contributed by atoms with van der Waals surface area (Å²) in [6.07, 6.45) is 1.57. The van der Waals surface area contributed by atoms with Crippen molar-refractivity contribution in [1.29, 1.82) is 0 Å². The number of aromatic nitrogens is 2. The summed E-state index contributed by atoms with van der Waals surface area (Å²) in [6.45, 7) is 1.15. The minimum Gasteiger partial charge on any atom is -0.480 e. The van der Waals surface area contributed by atoms with Gasteiger partial charge in [0.05, 0.1) is 6.54 Å². The van der Waals surface area contributed by atoms with E-state index in [2.05, 4.69) is 10.1 Å². The first-order valence-corrected chi connectivity index (χ1v) is 7.00. The Bertz CT molecular complexity index is 572. The molecule has 1 fully saturated rings. The third-order valence-electron chi connectivity index (χ3n) is 3.23. The monoisotopic (exact) mass is 315 g/mol. The van der Waals surface area contributed by atoms with Crippen LogP contribution in [0.3, 0.4) is 0 Å². The van der Waals surface area contributed by atoms with E-state index >= 15 is 0 Å². The van der Waals surface area contributed by atoms with E-state index in [1.807, 2.05) is 21.7 Å². The van der Waals surface area contributed by atoms with Crippen LogP contribution in [0.4, 0.5) is 0 Å². The van der Waals surface area contributed by atoms with Crippen LogP contribution >= 0.6 is 23.7 Å². The van der Waals surface area contributed by atoms with Crippen molar-refractivity contribution in [2.24, 2.45) is 0 Å². The van der Waals surface area contributed by atoms with Crippen LogP contribution < -0.4 is 0 Å². The van der Waals surface area contributed by atoms with Gasteiger partial charge in [0.1, 0.15) is 6.04 Å². The summed E-state index contributed by atoms with van der Waals surface area (Å²) in [5, 5.41) is 16.9. The smallest absolute Gasteiger partial charge is 0.320 e. The van der Waals surface area contributed by atoms with Crippen molar-refractivity contribution in [2.45, 2.75) is 25.4 Å². The maximum Gasteiger partial charge on any atom is 0.320 e. The van der Waals surface area contributed by atoms with Gasteiger partial charge in [0.15, 0.2) is 0 Å². The molecule has 0 aromatic carbocycles. The summed E-state index contributed by atoms with van der Waals surface area (Å²) in [5.74, 6) is 0.242. The molecule has 2 aromatic heterocycles. The maximum atomic E-state index is 11.1. The molecule has 3 heterocycles. The highest BCUT2D eigenvalue weighted by atomic mass is 35.5. The number of nitrogens with zero attached hydrogens (tertiary/aromatic N) is 3. The second kappa shape index (κ2) is 6.34. The Balaban J connectivity index is 0.00000147. The molecule has 1 saturated heterocycles. The first-order chi connectivity index (χ1) is 9.24. The number of carboxylic acid groups (broad SMARTS) is 1. The van der Waals surface area contributed by atoms with Crippen molar-refractivity contribution in [3.8, 4) is 11.4 Å². The zero-order valence-electron chi connectivity index (χ0n) is 10.6. The summed E-state index contributed by atoms with van der Waals surface area (Å²) >= 11 is 1.57. The number of aliphatic carboxylic acids is 1. The fourth-order valence-corrected chi connectivity index (χ4v) is 2.93. The Kier molecular flexibility index (Phi) is 4.74. The van der Waals surface area contributed by atoms with Gasteiger partial charge in [0.2, 0.25) is 11.7 Å². The predicted octanol–water partition coefficient (Wildman–Crippen LogP) is 2.27. The lowest BCUT2D eigenvalue weighted by Gasteiger charge is -2.18. The molecule has 0 spiro atoms. The highest BCUT2D eigenvalue weighted by Crippen LogP contribution is 2.22. The highest BCUT2D eigenvalue weighted by molar-refractivity contribution is 7.08. The van der Waals surface area contributed by atoms with Gasteiger partial charge in [-0.3, -0.25) is 9.69 Å². The van der Waals surface area contributed by atoms with Crippen LogP contribution in [0.25, 0.3) is 11.4 Å². The van der Waals surface area contributed by atoms with Crippen LogP contribution in [0, 0.1) is 0 Å². The van der Waals surface area contributed by atoms with Crippen molar-refractivity contribution in [3.63, 3.8) is 0 Å². The maximum absolute atomic E-state index is 11.1. The third-order valence-corrected chi connectivity index (χ3v) is 3.92. The van der Waals surface area contributed by atoms with Crippen LogP contribution in [0.15, 0.2) is 21.3 Å². The van der Waals surface area contributed by atoms with Gasteiger partial charge in [-0.2, -0.15) is 16.3 Å². The van der Waals surface area contributed by atoms with Crippen molar-refractivity contribution < 1.29 is 14.4 Å². The molecule has 2 aromatic rings. The molecule has 6 nitrogen and oxygen atoms in total. The van der Waals surface area contributed by atoms with Gasteiger partial charge in [0, 0.05) is 10.9 Å². The molecule has 0 amide bonds. The molecule has 8 heteroatoms. The molecule has 3 rings (SSSR count). The van der Waals surface area contributed by atoms with E-state index in [0.29, 0.717) is 24.7 Å². The number of carboxylic acids is 1. The van der Waals surface area contributed by atoms with E-state index in [1.165, 1.54) is 0 Å². The molecule has 0 bridgehead atoms. The van der Waals surface area contributed by atoms with Crippen LogP contribution in [-0.2, 0) is 11.3 Å². The van der Waals surface area contributed by atoms with Gasteiger partial charge in [0.25, 0.3) is 0 Å². The molecule has 108 valence electrons. The van der Waals surface area contributed by atoms with Gasteiger partial charge in [-0.1, -0.05) is 5.16 Å². The van der Waals surface area contributed by atoms with Crippen LogP contribution in [0.2, 0.25) is 0 Å². The fraction of sp³-hybridized carbons (Fsp3) is 0.417. The second-order valence-electron chi connectivity index (χ2n) is 4.49. The van der Waals surface area contributed by atoms with Crippen molar-refractivity contribution in [2.75, 3.05) is 6.54 Å². The van der Waals surface area contributed by atoms with E-state index in [-0.39, 0.29) is 12.4 Å². The third kappa shape index (κ3) is 3.00. The second-order valence-corrected chi connectivity index (χ2v) is 5.27. The lowest BCUT2D eigenvalue weighted by Crippen LogP contribution is -2.35. The van der Waals surface area contributed by atoms with Gasteiger partial charge in [-0.25, -0.2) is 0 Å². The highest BCUT2D eigenvalue weighted by Gasteiger charge is 2.31. The molecule has 0 unspecified atom stereocenters. The topological polar surface area (TPSA) is 79.5 Å². The molecule has 1 atom stereocenters. The average Bonchev–Trinajstić information content (AvgIpc) is 3.09.